The average molecular weight is 328 g/mol. The Balaban J connectivity index is 2.04. The summed E-state index contributed by atoms with van der Waals surface area (Å²) in [5.41, 5.74) is 2.82. The molecule has 0 unspecified atom stereocenters. The van der Waals surface area contributed by atoms with E-state index in [4.69, 9.17) is 0 Å². The third kappa shape index (κ3) is 3.91. The minimum atomic E-state index is -3.47. The first-order chi connectivity index (χ1) is 9.94. The second-order valence-corrected chi connectivity index (χ2v) is 7.66. The van der Waals surface area contributed by atoms with Gasteiger partial charge in [-0.15, -0.1) is 11.3 Å². The first kappa shape index (κ1) is 16.2. The molecule has 2 aromatic heterocycles. The van der Waals surface area contributed by atoms with Gasteiger partial charge >= 0.3 is 0 Å². The van der Waals surface area contributed by atoms with Crippen molar-refractivity contribution in [3.8, 4) is 0 Å². The molecule has 0 saturated heterocycles. The molecule has 0 aromatic carbocycles. The number of aromatic nitrogens is 2. The van der Waals surface area contributed by atoms with Crippen molar-refractivity contribution < 1.29 is 8.42 Å². The number of hydrogen-bond donors (Lipinski definition) is 2. The molecule has 0 atom stereocenters. The van der Waals surface area contributed by atoms with Gasteiger partial charge in [-0.2, -0.15) is 5.10 Å². The highest BCUT2D eigenvalue weighted by Crippen LogP contribution is 2.20. The van der Waals surface area contributed by atoms with Gasteiger partial charge in [0.15, 0.2) is 0 Å². The summed E-state index contributed by atoms with van der Waals surface area (Å²) >= 11 is 1.24. The van der Waals surface area contributed by atoms with Crippen LogP contribution in [0.3, 0.4) is 0 Å². The fourth-order valence-corrected chi connectivity index (χ4v) is 4.08. The molecule has 2 N–H and O–H groups in total. The zero-order chi connectivity index (χ0) is 15.5. The maximum absolute atomic E-state index is 12.3. The second-order valence-electron chi connectivity index (χ2n) is 4.76. The van der Waals surface area contributed by atoms with Crippen molar-refractivity contribution >= 4 is 21.4 Å². The lowest BCUT2D eigenvalue weighted by molar-refractivity contribution is 0.583. The number of aryl methyl sites for hydroxylation is 1. The van der Waals surface area contributed by atoms with Crippen LogP contribution < -0.4 is 10.0 Å². The smallest absolute Gasteiger partial charge is 0.250 e. The lowest BCUT2D eigenvalue weighted by atomic mass is 10.3. The van der Waals surface area contributed by atoms with E-state index in [0.29, 0.717) is 10.8 Å². The summed E-state index contributed by atoms with van der Waals surface area (Å²) in [7, 11) is -1.63. The van der Waals surface area contributed by atoms with E-state index < -0.39 is 10.0 Å². The van der Waals surface area contributed by atoms with Gasteiger partial charge < -0.3 is 5.32 Å². The Kier molecular flexibility index (Phi) is 5.15. The van der Waals surface area contributed by atoms with Crippen molar-refractivity contribution in [2.75, 3.05) is 6.54 Å². The molecule has 0 amide bonds. The van der Waals surface area contributed by atoms with Crippen LogP contribution in [0.1, 0.15) is 23.7 Å². The topological polar surface area (TPSA) is 76.0 Å². The van der Waals surface area contributed by atoms with Gasteiger partial charge in [-0.1, -0.05) is 6.92 Å². The molecule has 0 aliphatic carbocycles. The predicted octanol–water partition coefficient (Wildman–Crippen LogP) is 1.38. The lowest BCUT2D eigenvalue weighted by Crippen LogP contribution is -2.22. The van der Waals surface area contributed by atoms with Gasteiger partial charge in [0, 0.05) is 31.4 Å². The van der Waals surface area contributed by atoms with Crippen molar-refractivity contribution in [3.63, 3.8) is 0 Å². The molecule has 8 heteroatoms. The molecule has 6 nitrogen and oxygen atoms in total. The SMILES string of the molecule is CCNCc1csc(S(=O)(=O)NCc2cnn(C)c2C)c1. The molecule has 0 fully saturated rings. The Morgan fingerprint density at radius 1 is 1.38 bits per heavy atom. The first-order valence-corrected chi connectivity index (χ1v) is 9.05. The van der Waals surface area contributed by atoms with Gasteiger partial charge in [0.25, 0.3) is 0 Å². The first-order valence-electron chi connectivity index (χ1n) is 6.69. The number of sulfonamides is 1. The van der Waals surface area contributed by atoms with E-state index in [1.807, 2.05) is 26.3 Å². The van der Waals surface area contributed by atoms with Crippen LogP contribution in [-0.2, 0) is 30.2 Å². The Bertz CT molecular complexity index is 704. The molecular formula is C13H20N4O2S2. The van der Waals surface area contributed by atoms with Crippen LogP contribution in [0.5, 0.6) is 0 Å². The Hall–Kier alpha value is -1.22. The fourth-order valence-electron chi connectivity index (χ4n) is 1.82. The molecule has 0 saturated carbocycles. The van der Waals surface area contributed by atoms with Gasteiger partial charge in [0.2, 0.25) is 10.0 Å². The summed E-state index contributed by atoms with van der Waals surface area (Å²) in [4.78, 5) is 0. The Labute approximate surface area is 129 Å². The van der Waals surface area contributed by atoms with E-state index >= 15 is 0 Å². The molecule has 2 heterocycles. The van der Waals surface area contributed by atoms with Crippen LogP contribution in [0.25, 0.3) is 0 Å². The van der Waals surface area contributed by atoms with Crippen LogP contribution in [0, 0.1) is 6.92 Å². The molecule has 0 spiro atoms. The third-order valence-electron chi connectivity index (χ3n) is 3.26. The number of nitrogens with one attached hydrogen (secondary N) is 2. The Morgan fingerprint density at radius 2 is 2.14 bits per heavy atom. The van der Waals surface area contributed by atoms with E-state index in [9.17, 15) is 8.42 Å². The maximum atomic E-state index is 12.3. The largest absolute Gasteiger partial charge is 0.313 e. The fraction of sp³-hybridized carbons (Fsp3) is 0.462. The minimum Gasteiger partial charge on any atom is -0.313 e. The van der Waals surface area contributed by atoms with E-state index in [2.05, 4.69) is 15.1 Å². The van der Waals surface area contributed by atoms with Gasteiger partial charge in [-0.05, 0) is 30.5 Å². The highest BCUT2D eigenvalue weighted by atomic mass is 32.2. The van der Waals surface area contributed by atoms with Crippen LogP contribution in [0.4, 0.5) is 0 Å². The van der Waals surface area contributed by atoms with Gasteiger partial charge in [-0.25, -0.2) is 13.1 Å². The van der Waals surface area contributed by atoms with Crippen molar-refractivity contribution in [3.05, 3.63) is 34.5 Å². The molecule has 2 aromatic rings. The molecule has 0 aliphatic rings. The van der Waals surface area contributed by atoms with Crippen LogP contribution >= 0.6 is 11.3 Å². The van der Waals surface area contributed by atoms with Crippen molar-refractivity contribution in [1.29, 1.82) is 0 Å². The van der Waals surface area contributed by atoms with Crippen molar-refractivity contribution in [2.24, 2.45) is 7.05 Å². The zero-order valence-electron chi connectivity index (χ0n) is 12.4. The normalized spacial score (nSPS) is 12.0. The molecule has 0 radical (unpaired) electrons. The van der Waals surface area contributed by atoms with E-state index in [-0.39, 0.29) is 6.54 Å². The molecular weight excluding hydrogens is 308 g/mol. The van der Waals surface area contributed by atoms with E-state index in [0.717, 1.165) is 23.4 Å². The third-order valence-corrected chi connectivity index (χ3v) is 6.15. The molecule has 0 aliphatic heterocycles. The van der Waals surface area contributed by atoms with Crippen LogP contribution in [0.15, 0.2) is 21.9 Å². The number of rotatable bonds is 7. The Morgan fingerprint density at radius 3 is 2.76 bits per heavy atom. The summed E-state index contributed by atoms with van der Waals surface area (Å²) in [6.07, 6.45) is 1.68. The number of thiophene rings is 1. The second kappa shape index (κ2) is 6.69. The van der Waals surface area contributed by atoms with E-state index in [1.165, 1.54) is 11.3 Å². The molecule has 0 bridgehead atoms. The van der Waals surface area contributed by atoms with E-state index in [1.54, 1.807) is 16.9 Å². The lowest BCUT2D eigenvalue weighted by Gasteiger charge is -2.04. The maximum Gasteiger partial charge on any atom is 0.250 e. The molecule has 2 rings (SSSR count). The highest BCUT2D eigenvalue weighted by Gasteiger charge is 2.17. The number of hydrogen-bond acceptors (Lipinski definition) is 5. The summed E-state index contributed by atoms with van der Waals surface area (Å²) in [5, 5.41) is 9.15. The van der Waals surface area contributed by atoms with Crippen LogP contribution in [-0.4, -0.2) is 24.7 Å². The summed E-state index contributed by atoms with van der Waals surface area (Å²) in [5.74, 6) is 0. The minimum absolute atomic E-state index is 0.252. The summed E-state index contributed by atoms with van der Waals surface area (Å²) in [6.45, 7) is 5.72. The summed E-state index contributed by atoms with van der Waals surface area (Å²) in [6, 6.07) is 1.71. The van der Waals surface area contributed by atoms with Gasteiger partial charge in [0.05, 0.1) is 6.20 Å². The summed E-state index contributed by atoms with van der Waals surface area (Å²) < 4.78 is 29.2. The quantitative estimate of drug-likeness (QED) is 0.805. The number of nitrogens with zero attached hydrogens (tertiary/aromatic N) is 2. The van der Waals surface area contributed by atoms with Gasteiger partial charge in [0.1, 0.15) is 4.21 Å². The molecule has 116 valence electrons. The monoisotopic (exact) mass is 328 g/mol. The van der Waals surface area contributed by atoms with Gasteiger partial charge in [-0.3, -0.25) is 4.68 Å². The van der Waals surface area contributed by atoms with Crippen molar-refractivity contribution in [2.45, 2.75) is 31.1 Å². The van der Waals surface area contributed by atoms with Crippen molar-refractivity contribution in [1.82, 2.24) is 19.8 Å². The predicted molar refractivity (Wildman–Crippen MR) is 83.7 cm³/mol. The van der Waals surface area contributed by atoms with Crippen LogP contribution in [0.2, 0.25) is 0 Å². The standard InChI is InChI=1S/C13H20N4O2S2/c1-4-14-6-11-5-13(20-9-11)21(18,19)16-8-12-7-15-17(3)10(12)2/h5,7,9,14,16H,4,6,8H2,1-3H3. The zero-order valence-corrected chi connectivity index (χ0v) is 14.0. The molecule has 21 heavy (non-hydrogen) atoms. The average Bonchev–Trinajstić information content (AvgIpc) is 3.04. The highest BCUT2D eigenvalue weighted by molar-refractivity contribution is 7.91.